The van der Waals surface area contributed by atoms with Crippen LogP contribution >= 0.6 is 11.8 Å². The molecule has 0 unspecified atom stereocenters. The highest BCUT2D eigenvalue weighted by Crippen LogP contribution is 2.23. The topological polar surface area (TPSA) is 30.5 Å². The summed E-state index contributed by atoms with van der Waals surface area (Å²) in [6.45, 7) is 5.45. The standard InChI is InChI=1S/C14H21NO2S/c1-4-8-18-9-7-15-11-12-10-13(16-2)5-6-14(12)17-3/h4-6,10,15H,1,7-9,11H2,2-3H3. The van der Waals surface area contributed by atoms with E-state index >= 15 is 0 Å². The molecule has 0 heterocycles. The Labute approximate surface area is 114 Å². The first-order chi connectivity index (χ1) is 8.81. The van der Waals surface area contributed by atoms with Crippen LogP contribution in [0.1, 0.15) is 5.56 Å². The number of thioether (sulfide) groups is 1. The highest BCUT2D eigenvalue weighted by Gasteiger charge is 2.04. The minimum absolute atomic E-state index is 0.787. The van der Waals surface area contributed by atoms with Gasteiger partial charge in [0.1, 0.15) is 11.5 Å². The molecule has 0 saturated heterocycles. The third-order valence-electron chi connectivity index (χ3n) is 2.46. The predicted molar refractivity (Wildman–Crippen MR) is 78.8 cm³/mol. The summed E-state index contributed by atoms with van der Waals surface area (Å²) in [6.07, 6.45) is 1.93. The summed E-state index contributed by atoms with van der Waals surface area (Å²) in [7, 11) is 3.36. The van der Waals surface area contributed by atoms with E-state index in [2.05, 4.69) is 11.9 Å². The maximum absolute atomic E-state index is 5.33. The molecule has 0 radical (unpaired) electrons. The number of ether oxygens (including phenoxy) is 2. The summed E-state index contributed by atoms with van der Waals surface area (Å²) in [4.78, 5) is 0. The van der Waals surface area contributed by atoms with Crippen LogP contribution in [0.15, 0.2) is 30.9 Å². The Balaban J connectivity index is 2.42. The highest BCUT2D eigenvalue weighted by atomic mass is 32.2. The molecule has 0 bridgehead atoms. The van der Waals surface area contributed by atoms with Gasteiger partial charge in [-0.15, -0.1) is 6.58 Å². The quantitative estimate of drug-likeness (QED) is 0.550. The number of nitrogens with one attached hydrogen (secondary N) is 1. The van der Waals surface area contributed by atoms with E-state index in [0.717, 1.165) is 41.7 Å². The van der Waals surface area contributed by atoms with Gasteiger partial charge in [0, 0.05) is 30.2 Å². The molecule has 0 fully saturated rings. The lowest BCUT2D eigenvalue weighted by atomic mass is 10.2. The third-order valence-corrected chi connectivity index (χ3v) is 3.43. The van der Waals surface area contributed by atoms with Gasteiger partial charge in [0.2, 0.25) is 0 Å². The van der Waals surface area contributed by atoms with Crippen molar-refractivity contribution in [3.8, 4) is 11.5 Å². The molecule has 0 aromatic heterocycles. The van der Waals surface area contributed by atoms with Crippen molar-refractivity contribution < 1.29 is 9.47 Å². The Morgan fingerprint density at radius 3 is 2.83 bits per heavy atom. The van der Waals surface area contributed by atoms with Crippen molar-refractivity contribution in [1.29, 1.82) is 0 Å². The zero-order valence-corrected chi connectivity index (χ0v) is 11.9. The van der Waals surface area contributed by atoms with Crippen LogP contribution in [-0.4, -0.2) is 32.3 Å². The fraction of sp³-hybridized carbons (Fsp3) is 0.429. The second-order valence-corrected chi connectivity index (χ2v) is 4.87. The van der Waals surface area contributed by atoms with Gasteiger partial charge >= 0.3 is 0 Å². The Morgan fingerprint density at radius 2 is 2.17 bits per heavy atom. The molecule has 0 saturated carbocycles. The summed E-state index contributed by atoms with van der Waals surface area (Å²) in [6, 6.07) is 5.84. The molecule has 0 spiro atoms. The molecule has 1 rings (SSSR count). The van der Waals surface area contributed by atoms with Gasteiger partial charge in [-0.25, -0.2) is 0 Å². The van der Waals surface area contributed by atoms with Crippen molar-refractivity contribution in [2.45, 2.75) is 6.54 Å². The summed E-state index contributed by atoms with van der Waals surface area (Å²) >= 11 is 1.87. The maximum atomic E-state index is 5.33. The maximum Gasteiger partial charge on any atom is 0.123 e. The van der Waals surface area contributed by atoms with Crippen molar-refractivity contribution in [3.63, 3.8) is 0 Å². The number of hydrogen-bond donors (Lipinski definition) is 1. The minimum Gasteiger partial charge on any atom is -0.497 e. The first-order valence-corrected chi connectivity index (χ1v) is 7.07. The fourth-order valence-electron chi connectivity index (χ4n) is 1.55. The van der Waals surface area contributed by atoms with E-state index < -0.39 is 0 Å². The van der Waals surface area contributed by atoms with Crippen LogP contribution in [0, 0.1) is 0 Å². The zero-order valence-electron chi connectivity index (χ0n) is 11.1. The number of methoxy groups -OCH3 is 2. The van der Waals surface area contributed by atoms with Crippen LogP contribution in [-0.2, 0) is 6.54 Å². The van der Waals surface area contributed by atoms with Crippen molar-refractivity contribution in [1.82, 2.24) is 5.32 Å². The predicted octanol–water partition coefficient (Wildman–Crippen LogP) is 2.71. The molecule has 0 atom stereocenters. The van der Waals surface area contributed by atoms with Crippen LogP contribution in [0.2, 0.25) is 0 Å². The molecule has 4 heteroatoms. The van der Waals surface area contributed by atoms with Gasteiger partial charge in [-0.3, -0.25) is 0 Å². The Bertz CT molecular complexity index is 369. The van der Waals surface area contributed by atoms with Crippen LogP contribution in [0.3, 0.4) is 0 Å². The number of hydrogen-bond acceptors (Lipinski definition) is 4. The SMILES string of the molecule is C=CCSCCNCc1cc(OC)ccc1OC. The van der Waals surface area contributed by atoms with E-state index in [9.17, 15) is 0 Å². The van der Waals surface area contributed by atoms with Gasteiger partial charge in [-0.2, -0.15) is 11.8 Å². The van der Waals surface area contributed by atoms with E-state index in [0.29, 0.717) is 0 Å². The van der Waals surface area contributed by atoms with Crippen LogP contribution < -0.4 is 14.8 Å². The molecular formula is C14H21NO2S. The summed E-state index contributed by atoms with van der Waals surface area (Å²) in [5.74, 6) is 3.83. The lowest BCUT2D eigenvalue weighted by Gasteiger charge is -2.11. The first-order valence-electron chi connectivity index (χ1n) is 5.92. The smallest absolute Gasteiger partial charge is 0.123 e. The Kier molecular flexibility index (Phi) is 7.37. The molecule has 3 nitrogen and oxygen atoms in total. The minimum atomic E-state index is 0.787. The van der Waals surface area contributed by atoms with E-state index in [-0.39, 0.29) is 0 Å². The van der Waals surface area contributed by atoms with Gasteiger partial charge in [0.05, 0.1) is 14.2 Å². The average Bonchev–Trinajstić information content (AvgIpc) is 2.42. The van der Waals surface area contributed by atoms with Crippen molar-refractivity contribution in [3.05, 3.63) is 36.4 Å². The molecule has 1 aromatic rings. The van der Waals surface area contributed by atoms with Crippen molar-refractivity contribution in [2.24, 2.45) is 0 Å². The van der Waals surface area contributed by atoms with Gasteiger partial charge in [-0.05, 0) is 18.2 Å². The van der Waals surface area contributed by atoms with Crippen LogP contribution in [0.4, 0.5) is 0 Å². The van der Waals surface area contributed by atoms with Gasteiger partial charge in [-0.1, -0.05) is 6.08 Å². The second-order valence-electron chi connectivity index (χ2n) is 3.72. The lowest BCUT2D eigenvalue weighted by Crippen LogP contribution is -2.17. The van der Waals surface area contributed by atoms with Gasteiger partial charge in [0.15, 0.2) is 0 Å². The molecule has 100 valence electrons. The molecule has 1 aromatic carbocycles. The normalized spacial score (nSPS) is 10.1. The Morgan fingerprint density at radius 1 is 1.33 bits per heavy atom. The monoisotopic (exact) mass is 267 g/mol. The van der Waals surface area contributed by atoms with E-state index in [1.54, 1.807) is 14.2 Å². The molecule has 0 aliphatic rings. The number of rotatable bonds is 9. The highest BCUT2D eigenvalue weighted by molar-refractivity contribution is 7.99. The van der Waals surface area contributed by atoms with Crippen molar-refractivity contribution >= 4 is 11.8 Å². The van der Waals surface area contributed by atoms with Crippen LogP contribution in [0.5, 0.6) is 11.5 Å². The molecule has 0 aliphatic heterocycles. The van der Waals surface area contributed by atoms with E-state index in [1.807, 2.05) is 36.0 Å². The Hall–Kier alpha value is -1.13. The van der Waals surface area contributed by atoms with Gasteiger partial charge < -0.3 is 14.8 Å². The summed E-state index contributed by atoms with van der Waals surface area (Å²) < 4.78 is 10.5. The molecule has 18 heavy (non-hydrogen) atoms. The summed E-state index contributed by atoms with van der Waals surface area (Å²) in [5.41, 5.74) is 1.12. The molecule has 0 amide bonds. The molecule has 0 aliphatic carbocycles. The van der Waals surface area contributed by atoms with Crippen LogP contribution in [0.25, 0.3) is 0 Å². The third kappa shape index (κ3) is 5.02. The largest absolute Gasteiger partial charge is 0.497 e. The zero-order chi connectivity index (χ0) is 13.2. The fourth-order valence-corrected chi connectivity index (χ4v) is 2.18. The van der Waals surface area contributed by atoms with Gasteiger partial charge in [0.25, 0.3) is 0 Å². The average molecular weight is 267 g/mol. The van der Waals surface area contributed by atoms with E-state index in [4.69, 9.17) is 9.47 Å². The lowest BCUT2D eigenvalue weighted by molar-refractivity contribution is 0.397. The second kappa shape index (κ2) is 8.89. The summed E-state index contributed by atoms with van der Waals surface area (Å²) in [5, 5.41) is 3.40. The first kappa shape index (κ1) is 14.9. The molecule has 1 N–H and O–H groups in total. The number of benzene rings is 1. The van der Waals surface area contributed by atoms with E-state index in [1.165, 1.54) is 0 Å². The molecular weight excluding hydrogens is 246 g/mol. The van der Waals surface area contributed by atoms with Crippen molar-refractivity contribution in [2.75, 3.05) is 32.3 Å².